The third-order valence-corrected chi connectivity index (χ3v) is 6.58. The molecule has 0 bridgehead atoms. The lowest BCUT2D eigenvalue weighted by atomic mass is 9.97. The van der Waals surface area contributed by atoms with Gasteiger partial charge in [0.1, 0.15) is 0 Å². The van der Waals surface area contributed by atoms with Gasteiger partial charge in [-0.1, -0.05) is 6.07 Å². The minimum absolute atomic E-state index is 0.731. The summed E-state index contributed by atoms with van der Waals surface area (Å²) in [6, 6.07) is 4.38. The fourth-order valence-corrected chi connectivity index (χ4v) is 4.77. The highest BCUT2D eigenvalue weighted by atomic mass is 32.1. The van der Waals surface area contributed by atoms with Crippen molar-refractivity contribution >= 4 is 28.6 Å². The molecule has 3 rings (SSSR count). The number of aliphatic imine (C=N–C) groups is 1. The molecule has 0 radical (unpaired) electrons. The van der Waals surface area contributed by atoms with Crippen LogP contribution >= 0.6 is 22.7 Å². The van der Waals surface area contributed by atoms with Gasteiger partial charge in [-0.2, -0.15) is 0 Å². The third-order valence-electron chi connectivity index (χ3n) is 4.75. The SMILES string of the molecule is CN=C(NCCc1ncc(C)s1)NCC1CCN(Cc2cccs2)CC1. The second kappa shape index (κ2) is 10.0. The first-order valence-electron chi connectivity index (χ1n) is 9.33. The Hall–Kier alpha value is -1.44. The number of guanidine groups is 1. The van der Waals surface area contributed by atoms with E-state index in [2.05, 4.69) is 49.9 Å². The first-order valence-corrected chi connectivity index (χ1v) is 11.0. The topological polar surface area (TPSA) is 52.6 Å². The maximum absolute atomic E-state index is 4.41. The Balaban J connectivity index is 1.31. The van der Waals surface area contributed by atoms with E-state index >= 15 is 0 Å². The Morgan fingerprint density at radius 3 is 2.85 bits per heavy atom. The van der Waals surface area contributed by atoms with Crippen LogP contribution in [-0.4, -0.2) is 49.1 Å². The predicted molar refractivity (Wildman–Crippen MR) is 112 cm³/mol. The van der Waals surface area contributed by atoms with Gasteiger partial charge in [-0.25, -0.2) is 4.98 Å². The molecule has 1 aliphatic rings. The van der Waals surface area contributed by atoms with Crippen molar-refractivity contribution in [2.24, 2.45) is 10.9 Å². The van der Waals surface area contributed by atoms with E-state index in [0.29, 0.717) is 0 Å². The van der Waals surface area contributed by atoms with E-state index in [4.69, 9.17) is 0 Å². The smallest absolute Gasteiger partial charge is 0.190 e. The van der Waals surface area contributed by atoms with E-state index in [0.717, 1.165) is 37.9 Å². The minimum Gasteiger partial charge on any atom is -0.356 e. The molecule has 7 heteroatoms. The van der Waals surface area contributed by atoms with Crippen LogP contribution in [0.15, 0.2) is 28.7 Å². The largest absolute Gasteiger partial charge is 0.356 e. The van der Waals surface area contributed by atoms with Gasteiger partial charge in [0.25, 0.3) is 0 Å². The summed E-state index contributed by atoms with van der Waals surface area (Å²) in [6.07, 6.45) is 5.40. The molecule has 2 aromatic heterocycles. The van der Waals surface area contributed by atoms with Gasteiger partial charge >= 0.3 is 0 Å². The van der Waals surface area contributed by atoms with Crippen LogP contribution in [0.25, 0.3) is 0 Å². The Bertz CT molecular complexity index is 672. The molecule has 0 aromatic carbocycles. The summed E-state index contributed by atoms with van der Waals surface area (Å²) in [5, 5.41) is 10.2. The molecule has 0 amide bonds. The number of piperidine rings is 1. The molecule has 1 saturated heterocycles. The van der Waals surface area contributed by atoms with Crippen molar-refractivity contribution < 1.29 is 0 Å². The lowest BCUT2D eigenvalue weighted by molar-refractivity contribution is 0.179. The summed E-state index contributed by atoms with van der Waals surface area (Å²) in [5.74, 6) is 1.63. The number of hydrogen-bond donors (Lipinski definition) is 2. The predicted octanol–water partition coefficient (Wildman–Crippen LogP) is 3.13. The maximum atomic E-state index is 4.41. The number of nitrogens with one attached hydrogen (secondary N) is 2. The first kappa shape index (κ1) is 19.3. The molecule has 0 aliphatic carbocycles. The van der Waals surface area contributed by atoms with Crippen molar-refractivity contribution in [3.8, 4) is 0 Å². The standard InChI is InChI=1S/C19H29N5S2/c1-15-12-22-18(26-15)5-8-21-19(20-2)23-13-16-6-9-24(10-7-16)14-17-4-3-11-25-17/h3-4,11-12,16H,5-10,13-14H2,1-2H3,(H2,20,21,23). The molecule has 3 heterocycles. The van der Waals surface area contributed by atoms with Crippen LogP contribution in [0.5, 0.6) is 0 Å². The van der Waals surface area contributed by atoms with Crippen LogP contribution in [0, 0.1) is 12.8 Å². The van der Waals surface area contributed by atoms with E-state index in [9.17, 15) is 0 Å². The summed E-state index contributed by atoms with van der Waals surface area (Å²) >= 11 is 3.63. The van der Waals surface area contributed by atoms with Gasteiger partial charge < -0.3 is 10.6 Å². The molecule has 2 aromatic rings. The van der Waals surface area contributed by atoms with Crippen LogP contribution in [-0.2, 0) is 13.0 Å². The van der Waals surface area contributed by atoms with Crippen molar-refractivity contribution in [3.63, 3.8) is 0 Å². The Morgan fingerprint density at radius 1 is 1.35 bits per heavy atom. The number of likely N-dealkylation sites (tertiary alicyclic amines) is 1. The molecule has 1 aliphatic heterocycles. The molecule has 5 nitrogen and oxygen atoms in total. The van der Waals surface area contributed by atoms with E-state index in [-0.39, 0.29) is 0 Å². The molecular weight excluding hydrogens is 362 g/mol. The minimum atomic E-state index is 0.731. The van der Waals surface area contributed by atoms with Crippen LogP contribution in [0.3, 0.4) is 0 Å². The molecule has 0 spiro atoms. The van der Waals surface area contributed by atoms with E-state index < -0.39 is 0 Å². The van der Waals surface area contributed by atoms with Crippen molar-refractivity contribution in [2.75, 3.05) is 33.2 Å². The van der Waals surface area contributed by atoms with Crippen LogP contribution in [0.2, 0.25) is 0 Å². The lowest BCUT2D eigenvalue weighted by Gasteiger charge is -2.32. The maximum Gasteiger partial charge on any atom is 0.190 e. The van der Waals surface area contributed by atoms with Gasteiger partial charge in [0.2, 0.25) is 0 Å². The second-order valence-electron chi connectivity index (χ2n) is 6.79. The summed E-state index contributed by atoms with van der Waals surface area (Å²) in [4.78, 5) is 14.1. The quantitative estimate of drug-likeness (QED) is 0.562. The molecule has 0 unspecified atom stereocenters. The number of nitrogens with zero attached hydrogens (tertiary/aromatic N) is 3. The Labute approximate surface area is 164 Å². The van der Waals surface area contributed by atoms with Crippen molar-refractivity contribution in [2.45, 2.75) is 32.7 Å². The van der Waals surface area contributed by atoms with E-state index in [1.165, 1.54) is 40.7 Å². The van der Waals surface area contributed by atoms with Gasteiger partial charge in [-0.3, -0.25) is 9.89 Å². The van der Waals surface area contributed by atoms with Crippen molar-refractivity contribution in [1.82, 2.24) is 20.5 Å². The van der Waals surface area contributed by atoms with Gasteiger partial charge in [0, 0.05) is 49.1 Å². The van der Waals surface area contributed by atoms with Crippen LogP contribution in [0.1, 0.15) is 27.6 Å². The van der Waals surface area contributed by atoms with Crippen LogP contribution < -0.4 is 10.6 Å². The van der Waals surface area contributed by atoms with Gasteiger partial charge in [-0.05, 0) is 50.2 Å². The third kappa shape index (κ3) is 6.07. The van der Waals surface area contributed by atoms with Gasteiger partial charge in [0.15, 0.2) is 5.96 Å². The average Bonchev–Trinajstić information content (AvgIpc) is 3.31. The fraction of sp³-hybridized carbons (Fsp3) is 0.579. The molecule has 2 N–H and O–H groups in total. The number of thiophene rings is 1. The summed E-state index contributed by atoms with van der Waals surface area (Å²) in [6.45, 7) is 7.46. The molecule has 142 valence electrons. The van der Waals surface area contributed by atoms with Crippen molar-refractivity contribution in [3.05, 3.63) is 38.5 Å². The number of thiazole rings is 1. The monoisotopic (exact) mass is 391 g/mol. The van der Waals surface area contributed by atoms with Crippen molar-refractivity contribution in [1.29, 1.82) is 0 Å². The average molecular weight is 392 g/mol. The number of rotatable bonds is 7. The highest BCUT2D eigenvalue weighted by molar-refractivity contribution is 7.11. The molecule has 1 fully saturated rings. The highest BCUT2D eigenvalue weighted by Gasteiger charge is 2.19. The summed E-state index contributed by atoms with van der Waals surface area (Å²) in [5.41, 5.74) is 0. The molecule has 0 atom stereocenters. The second-order valence-corrected chi connectivity index (χ2v) is 9.14. The molecular formula is C19H29N5S2. The zero-order valence-electron chi connectivity index (χ0n) is 15.7. The Kier molecular flexibility index (Phi) is 7.46. The van der Waals surface area contributed by atoms with E-state index in [1.54, 1.807) is 11.3 Å². The fourth-order valence-electron chi connectivity index (χ4n) is 3.24. The normalized spacial score (nSPS) is 16.8. The Morgan fingerprint density at radius 2 is 2.19 bits per heavy atom. The number of hydrogen-bond acceptors (Lipinski definition) is 5. The lowest BCUT2D eigenvalue weighted by Crippen LogP contribution is -2.43. The van der Waals surface area contributed by atoms with Gasteiger partial charge in [0.05, 0.1) is 5.01 Å². The zero-order valence-corrected chi connectivity index (χ0v) is 17.3. The first-order chi connectivity index (χ1) is 12.7. The van der Waals surface area contributed by atoms with Gasteiger partial charge in [-0.15, -0.1) is 22.7 Å². The highest BCUT2D eigenvalue weighted by Crippen LogP contribution is 2.20. The zero-order chi connectivity index (χ0) is 18.2. The van der Waals surface area contributed by atoms with Crippen LogP contribution in [0.4, 0.5) is 0 Å². The summed E-state index contributed by atoms with van der Waals surface area (Å²) in [7, 11) is 1.84. The number of aromatic nitrogens is 1. The summed E-state index contributed by atoms with van der Waals surface area (Å²) < 4.78 is 0. The molecule has 0 saturated carbocycles. The van der Waals surface area contributed by atoms with E-state index in [1.807, 2.05) is 24.6 Å². The number of aryl methyl sites for hydroxylation is 1. The molecule has 26 heavy (non-hydrogen) atoms.